The van der Waals surface area contributed by atoms with E-state index in [1.165, 1.54) is 43.4 Å². The Morgan fingerprint density at radius 3 is 2.50 bits per heavy atom. The summed E-state index contributed by atoms with van der Waals surface area (Å²) in [7, 11) is 0. The van der Waals surface area contributed by atoms with E-state index in [4.69, 9.17) is 0 Å². The van der Waals surface area contributed by atoms with Crippen LogP contribution in [0.25, 0.3) is 0 Å². The molecule has 2 unspecified atom stereocenters. The molecule has 1 nitrogen and oxygen atoms in total. The molecule has 1 aliphatic rings. The predicted octanol–water partition coefficient (Wildman–Crippen LogP) is 4.65. The Hall–Kier alpha value is -0.820. The summed E-state index contributed by atoms with van der Waals surface area (Å²) in [5.41, 5.74) is 4.67. The predicted molar refractivity (Wildman–Crippen MR) is 88.2 cm³/mol. The summed E-state index contributed by atoms with van der Waals surface area (Å²) in [5, 5.41) is 3.71. The van der Waals surface area contributed by atoms with Crippen molar-refractivity contribution in [2.24, 2.45) is 11.8 Å². The van der Waals surface area contributed by atoms with Gasteiger partial charge in [0, 0.05) is 5.54 Å². The third-order valence-corrected chi connectivity index (χ3v) is 4.70. The molecule has 1 aromatic carbocycles. The van der Waals surface area contributed by atoms with E-state index in [-0.39, 0.29) is 5.54 Å². The van der Waals surface area contributed by atoms with Crippen LogP contribution in [-0.2, 0) is 6.42 Å². The van der Waals surface area contributed by atoms with Crippen molar-refractivity contribution < 1.29 is 0 Å². The van der Waals surface area contributed by atoms with Crippen molar-refractivity contribution in [1.29, 1.82) is 0 Å². The number of hydrogen-bond acceptors (Lipinski definition) is 1. The first kappa shape index (κ1) is 15.6. The molecule has 1 heteroatoms. The van der Waals surface area contributed by atoms with Crippen LogP contribution < -0.4 is 5.32 Å². The zero-order valence-corrected chi connectivity index (χ0v) is 13.9. The highest BCUT2D eigenvalue weighted by molar-refractivity contribution is 5.31. The lowest BCUT2D eigenvalue weighted by Crippen LogP contribution is -2.40. The minimum absolute atomic E-state index is 0.242. The van der Waals surface area contributed by atoms with E-state index in [0.29, 0.717) is 0 Å². The molecule has 0 spiro atoms. The van der Waals surface area contributed by atoms with Gasteiger partial charge in [-0.05, 0) is 83.4 Å². The molecule has 1 N–H and O–H groups in total. The van der Waals surface area contributed by atoms with Gasteiger partial charge in [0.15, 0.2) is 0 Å². The lowest BCUT2D eigenvalue weighted by atomic mass is 9.87. The molecule has 1 aromatic rings. The summed E-state index contributed by atoms with van der Waals surface area (Å²) < 4.78 is 0. The molecule has 0 aromatic heterocycles. The number of rotatable bonds is 4. The van der Waals surface area contributed by atoms with E-state index < -0.39 is 0 Å². The van der Waals surface area contributed by atoms with E-state index in [2.05, 4.69) is 58.1 Å². The van der Waals surface area contributed by atoms with Gasteiger partial charge in [0.2, 0.25) is 0 Å². The minimum atomic E-state index is 0.242. The molecule has 0 heterocycles. The van der Waals surface area contributed by atoms with Crippen LogP contribution >= 0.6 is 0 Å². The molecule has 1 aliphatic carbocycles. The van der Waals surface area contributed by atoms with Gasteiger partial charge in [0.05, 0.1) is 0 Å². The largest absolute Gasteiger partial charge is 0.312 e. The van der Waals surface area contributed by atoms with Crippen LogP contribution in [0.1, 0.15) is 56.7 Å². The summed E-state index contributed by atoms with van der Waals surface area (Å²) in [4.78, 5) is 0. The van der Waals surface area contributed by atoms with Crippen LogP contribution in [0.4, 0.5) is 0 Å². The molecule has 112 valence electrons. The van der Waals surface area contributed by atoms with Crippen LogP contribution in [0, 0.1) is 25.7 Å². The average Bonchev–Trinajstić information content (AvgIpc) is 2.78. The van der Waals surface area contributed by atoms with Crippen molar-refractivity contribution in [3.63, 3.8) is 0 Å². The van der Waals surface area contributed by atoms with E-state index in [1.54, 1.807) is 5.56 Å². The second-order valence-corrected chi connectivity index (χ2v) is 7.72. The van der Waals surface area contributed by atoms with Gasteiger partial charge >= 0.3 is 0 Å². The highest BCUT2D eigenvalue weighted by Gasteiger charge is 2.28. The first-order valence-electron chi connectivity index (χ1n) is 8.16. The van der Waals surface area contributed by atoms with Gasteiger partial charge in [0.25, 0.3) is 0 Å². The highest BCUT2D eigenvalue weighted by atomic mass is 14.9. The lowest BCUT2D eigenvalue weighted by Gasteiger charge is -2.27. The SMILES string of the molecule is Cc1ccc(C)c(CC2CCCC2CNC(C)(C)C)c1. The van der Waals surface area contributed by atoms with Gasteiger partial charge in [-0.15, -0.1) is 0 Å². The average molecular weight is 273 g/mol. The van der Waals surface area contributed by atoms with Crippen LogP contribution in [0.5, 0.6) is 0 Å². The molecule has 1 saturated carbocycles. The van der Waals surface area contributed by atoms with Crippen molar-refractivity contribution in [1.82, 2.24) is 5.32 Å². The molecule has 0 amide bonds. The monoisotopic (exact) mass is 273 g/mol. The van der Waals surface area contributed by atoms with Gasteiger partial charge in [-0.1, -0.05) is 30.2 Å². The Bertz CT molecular complexity index is 442. The van der Waals surface area contributed by atoms with E-state index in [1.807, 2.05) is 0 Å². The van der Waals surface area contributed by atoms with Crippen molar-refractivity contribution in [2.75, 3.05) is 6.54 Å². The van der Waals surface area contributed by atoms with E-state index in [0.717, 1.165) is 11.8 Å². The molecular weight excluding hydrogens is 242 g/mol. The zero-order valence-electron chi connectivity index (χ0n) is 13.9. The third kappa shape index (κ3) is 4.34. The second-order valence-electron chi connectivity index (χ2n) is 7.72. The third-order valence-electron chi connectivity index (χ3n) is 4.70. The molecule has 20 heavy (non-hydrogen) atoms. The Morgan fingerprint density at radius 1 is 1.10 bits per heavy atom. The first-order chi connectivity index (χ1) is 9.35. The Balaban J connectivity index is 1.99. The Morgan fingerprint density at radius 2 is 1.80 bits per heavy atom. The summed E-state index contributed by atoms with van der Waals surface area (Å²) in [5.74, 6) is 1.72. The maximum atomic E-state index is 3.71. The molecule has 2 atom stereocenters. The van der Waals surface area contributed by atoms with Crippen LogP contribution in [0.15, 0.2) is 18.2 Å². The lowest BCUT2D eigenvalue weighted by molar-refractivity contribution is 0.317. The molecule has 0 bridgehead atoms. The van der Waals surface area contributed by atoms with Crippen molar-refractivity contribution in [3.8, 4) is 0 Å². The smallest absolute Gasteiger partial charge is 0.00966 e. The standard InChI is InChI=1S/C19H31N/c1-14-9-10-15(2)18(11-14)12-16-7-6-8-17(16)13-20-19(3,4)5/h9-11,16-17,20H,6-8,12-13H2,1-5H3. The zero-order chi connectivity index (χ0) is 14.8. The highest BCUT2D eigenvalue weighted by Crippen LogP contribution is 2.34. The van der Waals surface area contributed by atoms with Crippen molar-refractivity contribution in [3.05, 3.63) is 34.9 Å². The van der Waals surface area contributed by atoms with Gasteiger partial charge in [-0.25, -0.2) is 0 Å². The van der Waals surface area contributed by atoms with Gasteiger partial charge in [-0.2, -0.15) is 0 Å². The molecule has 0 radical (unpaired) electrons. The maximum absolute atomic E-state index is 3.71. The first-order valence-corrected chi connectivity index (χ1v) is 8.16. The Kier molecular flexibility index (Phi) is 4.90. The van der Waals surface area contributed by atoms with Crippen LogP contribution in [0.2, 0.25) is 0 Å². The van der Waals surface area contributed by atoms with Crippen LogP contribution in [-0.4, -0.2) is 12.1 Å². The van der Waals surface area contributed by atoms with E-state index in [9.17, 15) is 0 Å². The summed E-state index contributed by atoms with van der Waals surface area (Å²) in [6.45, 7) is 12.4. The Labute approximate surface area is 125 Å². The topological polar surface area (TPSA) is 12.0 Å². The van der Waals surface area contributed by atoms with E-state index >= 15 is 0 Å². The normalized spacial score (nSPS) is 23.2. The summed E-state index contributed by atoms with van der Waals surface area (Å²) >= 11 is 0. The molecule has 1 fully saturated rings. The number of nitrogens with one attached hydrogen (secondary N) is 1. The van der Waals surface area contributed by atoms with Gasteiger partial charge < -0.3 is 5.32 Å². The molecule has 2 rings (SSSR count). The number of hydrogen-bond donors (Lipinski definition) is 1. The number of aryl methyl sites for hydroxylation is 2. The second kappa shape index (κ2) is 6.30. The molecular formula is C19H31N. The minimum Gasteiger partial charge on any atom is -0.312 e. The fourth-order valence-corrected chi connectivity index (χ4v) is 3.39. The number of benzene rings is 1. The fourth-order valence-electron chi connectivity index (χ4n) is 3.39. The molecule has 0 aliphatic heterocycles. The quantitative estimate of drug-likeness (QED) is 0.842. The van der Waals surface area contributed by atoms with Gasteiger partial charge in [0.1, 0.15) is 0 Å². The van der Waals surface area contributed by atoms with Crippen molar-refractivity contribution in [2.45, 2.75) is 65.8 Å². The fraction of sp³-hybridized carbons (Fsp3) is 0.684. The summed E-state index contributed by atoms with van der Waals surface area (Å²) in [6, 6.07) is 6.90. The van der Waals surface area contributed by atoms with Crippen molar-refractivity contribution >= 4 is 0 Å². The van der Waals surface area contributed by atoms with Crippen LogP contribution in [0.3, 0.4) is 0 Å². The summed E-state index contributed by atoms with van der Waals surface area (Å²) in [6.07, 6.45) is 5.48. The molecule has 0 saturated heterocycles. The maximum Gasteiger partial charge on any atom is 0.00966 e. The van der Waals surface area contributed by atoms with Gasteiger partial charge in [-0.3, -0.25) is 0 Å².